The van der Waals surface area contributed by atoms with Gasteiger partial charge in [-0.3, -0.25) is 4.79 Å². The Hall–Kier alpha value is -2.99. The van der Waals surface area contributed by atoms with Crippen LogP contribution in [0, 0.1) is 5.82 Å². The van der Waals surface area contributed by atoms with Crippen LogP contribution < -0.4 is 4.90 Å². The summed E-state index contributed by atoms with van der Waals surface area (Å²) >= 11 is 1.45. The molecule has 2 heterocycles. The fourth-order valence-electron chi connectivity index (χ4n) is 3.52. The van der Waals surface area contributed by atoms with Crippen LogP contribution >= 0.6 is 11.3 Å². The number of hydrogen-bond donors (Lipinski definition) is 0. The first-order valence-corrected chi connectivity index (χ1v) is 9.94. The van der Waals surface area contributed by atoms with Crippen molar-refractivity contribution in [1.82, 2.24) is 4.98 Å². The topological polar surface area (TPSA) is 42.4 Å². The molecule has 1 saturated heterocycles. The molecule has 1 fully saturated rings. The van der Waals surface area contributed by atoms with Crippen LogP contribution in [0.4, 0.5) is 9.52 Å². The second-order valence-corrected chi connectivity index (χ2v) is 7.95. The highest BCUT2D eigenvalue weighted by molar-refractivity contribution is 7.22. The van der Waals surface area contributed by atoms with E-state index in [1.807, 2.05) is 42.5 Å². The average Bonchev–Trinajstić information content (AvgIpc) is 3.07. The lowest BCUT2D eigenvalue weighted by Gasteiger charge is -2.38. The van der Waals surface area contributed by atoms with E-state index in [4.69, 9.17) is 4.74 Å². The predicted octanol–water partition coefficient (Wildman–Crippen LogP) is 4.56. The number of hydrogen-bond acceptors (Lipinski definition) is 5. The number of ether oxygens (including phenoxy) is 1. The van der Waals surface area contributed by atoms with E-state index in [0.29, 0.717) is 13.1 Å². The smallest absolute Gasteiger partial charge is 0.310 e. The van der Waals surface area contributed by atoms with Gasteiger partial charge in [-0.05, 0) is 34.5 Å². The second kappa shape index (κ2) is 6.87. The first-order valence-electron chi connectivity index (χ1n) is 9.13. The molecule has 140 valence electrons. The van der Waals surface area contributed by atoms with E-state index in [-0.39, 0.29) is 24.3 Å². The van der Waals surface area contributed by atoms with Crippen molar-refractivity contribution in [2.24, 2.45) is 0 Å². The van der Waals surface area contributed by atoms with Crippen molar-refractivity contribution in [3.63, 3.8) is 0 Å². The molecule has 0 atom stereocenters. The molecule has 0 saturated carbocycles. The molecule has 1 aliphatic rings. The summed E-state index contributed by atoms with van der Waals surface area (Å²) in [4.78, 5) is 19.0. The summed E-state index contributed by atoms with van der Waals surface area (Å²) in [7, 11) is 0. The lowest BCUT2D eigenvalue weighted by molar-refractivity contribution is -0.149. The number of carbonyl (C=O) groups is 1. The maximum Gasteiger partial charge on any atom is 0.310 e. The standard InChI is InChI=1S/C22H17FN2O2S/c23-16-8-9-19-20(11-16)28-22(24-19)25-12-17(13-25)27-21(26)10-15-6-3-5-14-4-1-2-7-18(14)15/h1-9,11,17H,10,12-13H2. The number of anilines is 1. The Kier molecular flexibility index (Phi) is 4.20. The van der Waals surface area contributed by atoms with Crippen LogP contribution in [0.25, 0.3) is 21.0 Å². The zero-order chi connectivity index (χ0) is 19.1. The highest BCUT2D eigenvalue weighted by atomic mass is 32.1. The highest BCUT2D eigenvalue weighted by Gasteiger charge is 2.32. The Balaban J connectivity index is 1.21. The number of halogens is 1. The van der Waals surface area contributed by atoms with E-state index in [9.17, 15) is 9.18 Å². The van der Waals surface area contributed by atoms with E-state index < -0.39 is 0 Å². The van der Waals surface area contributed by atoms with Gasteiger partial charge in [0.05, 0.1) is 29.7 Å². The van der Waals surface area contributed by atoms with Gasteiger partial charge in [0, 0.05) is 0 Å². The van der Waals surface area contributed by atoms with Crippen LogP contribution in [0.5, 0.6) is 0 Å². The van der Waals surface area contributed by atoms with Gasteiger partial charge in [-0.2, -0.15) is 0 Å². The minimum Gasteiger partial charge on any atom is -0.458 e. The second-order valence-electron chi connectivity index (χ2n) is 6.94. The first kappa shape index (κ1) is 17.1. The minimum atomic E-state index is -0.258. The van der Waals surface area contributed by atoms with Gasteiger partial charge < -0.3 is 9.64 Å². The fourth-order valence-corrected chi connectivity index (χ4v) is 4.53. The molecule has 4 nitrogen and oxygen atoms in total. The number of fused-ring (bicyclic) bond motifs is 2. The van der Waals surface area contributed by atoms with Crippen molar-refractivity contribution in [2.45, 2.75) is 12.5 Å². The van der Waals surface area contributed by atoms with Crippen LogP contribution in [0.3, 0.4) is 0 Å². The SMILES string of the molecule is O=C(Cc1cccc2ccccc12)OC1CN(c2nc3ccc(F)cc3s2)C1. The van der Waals surface area contributed by atoms with Gasteiger partial charge in [-0.15, -0.1) is 0 Å². The Morgan fingerprint density at radius 2 is 1.96 bits per heavy atom. The summed E-state index contributed by atoms with van der Waals surface area (Å²) in [5, 5.41) is 3.04. The Labute approximate surface area is 165 Å². The minimum absolute atomic E-state index is 0.133. The molecule has 0 amide bonds. The summed E-state index contributed by atoms with van der Waals surface area (Å²) < 4.78 is 19.8. The van der Waals surface area contributed by atoms with Gasteiger partial charge in [0.1, 0.15) is 11.9 Å². The van der Waals surface area contributed by atoms with Crippen LogP contribution in [0.1, 0.15) is 5.56 Å². The lowest BCUT2D eigenvalue weighted by atomic mass is 10.0. The molecule has 1 aromatic heterocycles. The molecule has 3 aromatic carbocycles. The van der Waals surface area contributed by atoms with Crippen molar-refractivity contribution >= 4 is 43.4 Å². The molecule has 0 N–H and O–H groups in total. The van der Waals surface area contributed by atoms with Crippen LogP contribution in [-0.2, 0) is 16.0 Å². The molecule has 0 spiro atoms. The number of nitrogens with zero attached hydrogens (tertiary/aromatic N) is 2. The third-order valence-electron chi connectivity index (χ3n) is 4.97. The molecule has 28 heavy (non-hydrogen) atoms. The molecule has 5 rings (SSSR count). The summed E-state index contributed by atoms with van der Waals surface area (Å²) in [6.07, 6.45) is 0.129. The third-order valence-corrected chi connectivity index (χ3v) is 6.05. The van der Waals surface area contributed by atoms with E-state index in [1.165, 1.54) is 23.5 Å². The zero-order valence-corrected chi connectivity index (χ0v) is 15.8. The summed E-state index contributed by atoms with van der Waals surface area (Å²) in [6, 6.07) is 18.6. The van der Waals surface area contributed by atoms with Crippen LogP contribution in [-0.4, -0.2) is 30.1 Å². The van der Waals surface area contributed by atoms with Gasteiger partial charge in [0.15, 0.2) is 5.13 Å². The molecule has 0 aliphatic carbocycles. The van der Waals surface area contributed by atoms with E-state index in [1.54, 1.807) is 6.07 Å². The third kappa shape index (κ3) is 3.20. The van der Waals surface area contributed by atoms with Crippen molar-refractivity contribution in [1.29, 1.82) is 0 Å². The summed E-state index contributed by atoms with van der Waals surface area (Å²) in [5.74, 6) is -0.473. The Morgan fingerprint density at radius 3 is 2.86 bits per heavy atom. The van der Waals surface area contributed by atoms with Gasteiger partial charge in [0.25, 0.3) is 0 Å². The average molecular weight is 392 g/mol. The molecule has 4 aromatic rings. The van der Waals surface area contributed by atoms with Gasteiger partial charge in [0.2, 0.25) is 0 Å². The molecule has 0 bridgehead atoms. The van der Waals surface area contributed by atoms with E-state index >= 15 is 0 Å². The van der Waals surface area contributed by atoms with Gasteiger partial charge >= 0.3 is 5.97 Å². The quantitative estimate of drug-likeness (QED) is 0.478. The molecule has 6 heteroatoms. The van der Waals surface area contributed by atoms with Crippen molar-refractivity contribution < 1.29 is 13.9 Å². The van der Waals surface area contributed by atoms with Crippen LogP contribution in [0.2, 0.25) is 0 Å². The summed E-state index contributed by atoms with van der Waals surface area (Å²) in [5.41, 5.74) is 1.77. The largest absolute Gasteiger partial charge is 0.458 e. The van der Waals surface area contributed by atoms with E-state index in [0.717, 1.165) is 31.7 Å². The number of rotatable bonds is 4. The molecular formula is C22H17FN2O2S. The maximum absolute atomic E-state index is 13.3. The number of thiazole rings is 1. The monoisotopic (exact) mass is 392 g/mol. The normalized spacial score (nSPS) is 14.4. The maximum atomic E-state index is 13.3. The van der Waals surface area contributed by atoms with Crippen molar-refractivity contribution in [3.8, 4) is 0 Å². The van der Waals surface area contributed by atoms with Crippen LogP contribution in [0.15, 0.2) is 60.7 Å². The lowest BCUT2D eigenvalue weighted by Crippen LogP contribution is -2.53. The van der Waals surface area contributed by atoms with Crippen molar-refractivity contribution in [3.05, 3.63) is 72.0 Å². The zero-order valence-electron chi connectivity index (χ0n) is 15.0. The van der Waals surface area contributed by atoms with Gasteiger partial charge in [-0.25, -0.2) is 9.37 Å². The van der Waals surface area contributed by atoms with Crippen molar-refractivity contribution in [2.75, 3.05) is 18.0 Å². The Morgan fingerprint density at radius 1 is 1.14 bits per heavy atom. The number of esters is 1. The van der Waals surface area contributed by atoms with E-state index in [2.05, 4.69) is 9.88 Å². The number of carbonyl (C=O) groups excluding carboxylic acids is 1. The van der Waals surface area contributed by atoms with Gasteiger partial charge in [-0.1, -0.05) is 53.8 Å². The number of aromatic nitrogens is 1. The first-order chi connectivity index (χ1) is 13.7. The molecule has 1 aliphatic heterocycles. The summed E-state index contributed by atoms with van der Waals surface area (Å²) in [6.45, 7) is 1.23. The molecule has 0 radical (unpaired) electrons. The predicted molar refractivity (Wildman–Crippen MR) is 109 cm³/mol. The fraction of sp³-hybridized carbons (Fsp3) is 0.182. The Bertz CT molecular complexity index is 1180. The highest BCUT2D eigenvalue weighted by Crippen LogP contribution is 2.32. The molecule has 0 unspecified atom stereocenters. The number of benzene rings is 3. The molecular weight excluding hydrogens is 375 g/mol.